The second-order valence-corrected chi connectivity index (χ2v) is 10.2. The number of hydrogen-bond donors (Lipinski definition) is 1. The lowest BCUT2D eigenvalue weighted by Gasteiger charge is -2.29. The Hall–Kier alpha value is -2.46. The van der Waals surface area contributed by atoms with Gasteiger partial charge in [-0.3, -0.25) is 14.5 Å². The molecule has 4 rings (SSSR count). The van der Waals surface area contributed by atoms with Crippen molar-refractivity contribution in [2.75, 3.05) is 38.3 Å². The van der Waals surface area contributed by atoms with E-state index in [-0.39, 0.29) is 24.7 Å². The topological polar surface area (TPSA) is 113 Å². The molecule has 10 heteroatoms. The van der Waals surface area contributed by atoms with Crippen molar-refractivity contribution in [3.8, 4) is 0 Å². The van der Waals surface area contributed by atoms with Crippen molar-refractivity contribution in [3.63, 3.8) is 0 Å². The van der Waals surface area contributed by atoms with Crippen LogP contribution in [0, 0.1) is 0 Å². The van der Waals surface area contributed by atoms with Gasteiger partial charge in [-0.15, -0.1) is 0 Å². The molecule has 30 heavy (non-hydrogen) atoms. The summed E-state index contributed by atoms with van der Waals surface area (Å²) in [5.74, 6) is -0.977. The number of hydrogen-bond acceptors (Lipinski definition) is 6. The number of methoxy groups -OCH3 is 1. The van der Waals surface area contributed by atoms with Gasteiger partial charge in [0.2, 0.25) is 5.91 Å². The lowest BCUT2D eigenvalue weighted by molar-refractivity contribution is -0.140. The molecule has 2 aliphatic heterocycles. The summed E-state index contributed by atoms with van der Waals surface area (Å²) in [6, 6.07) is 6.41. The number of amides is 4. The highest BCUT2D eigenvalue weighted by Crippen LogP contribution is 2.41. The van der Waals surface area contributed by atoms with Crippen LogP contribution in [0.15, 0.2) is 24.3 Å². The van der Waals surface area contributed by atoms with Gasteiger partial charge in [-0.2, -0.15) is 0 Å². The van der Waals surface area contributed by atoms with E-state index in [1.54, 1.807) is 0 Å². The molecule has 3 aliphatic rings. The molecule has 1 spiro atoms. The number of benzene rings is 1. The zero-order chi connectivity index (χ0) is 21.5. The van der Waals surface area contributed by atoms with Gasteiger partial charge in [-0.05, 0) is 30.4 Å². The van der Waals surface area contributed by atoms with Crippen molar-refractivity contribution >= 4 is 27.7 Å². The van der Waals surface area contributed by atoms with Crippen LogP contribution in [0.4, 0.5) is 4.79 Å². The predicted molar refractivity (Wildman–Crippen MR) is 107 cm³/mol. The predicted octanol–water partition coefficient (Wildman–Crippen LogP) is 0.0420. The first-order chi connectivity index (χ1) is 14.3. The van der Waals surface area contributed by atoms with Crippen LogP contribution < -0.4 is 5.32 Å². The minimum Gasteiger partial charge on any atom is -0.383 e. The average molecular weight is 436 g/mol. The molecule has 2 saturated heterocycles. The van der Waals surface area contributed by atoms with E-state index in [9.17, 15) is 22.8 Å². The van der Waals surface area contributed by atoms with Gasteiger partial charge in [-0.1, -0.05) is 24.3 Å². The van der Waals surface area contributed by atoms with Crippen LogP contribution in [0.25, 0.3) is 0 Å². The molecule has 1 aliphatic carbocycles. The zero-order valence-corrected chi connectivity index (χ0v) is 17.6. The van der Waals surface area contributed by atoms with Gasteiger partial charge in [0.05, 0.1) is 18.1 Å². The second kappa shape index (κ2) is 7.66. The monoisotopic (exact) mass is 435 g/mol. The molecule has 162 valence electrons. The number of nitrogens with one attached hydrogen (secondary N) is 1. The summed E-state index contributed by atoms with van der Waals surface area (Å²) in [7, 11) is -1.70. The molecule has 4 amide bonds. The van der Waals surface area contributed by atoms with Crippen molar-refractivity contribution in [1.82, 2.24) is 15.1 Å². The Bertz CT molecular complexity index is 994. The molecule has 0 radical (unpaired) electrons. The first kappa shape index (κ1) is 20.8. The maximum atomic E-state index is 13.3. The number of fused-ring (bicyclic) bond motifs is 2. The Morgan fingerprint density at radius 3 is 2.80 bits per heavy atom. The van der Waals surface area contributed by atoms with Crippen LogP contribution in [0.3, 0.4) is 0 Å². The van der Waals surface area contributed by atoms with E-state index in [1.165, 1.54) is 12.0 Å². The Morgan fingerprint density at radius 2 is 2.10 bits per heavy atom. The molecule has 2 heterocycles. The SMILES string of the molecule is COCCN(C(=O)CN1C(=O)N[C@]2(CCc3ccccc32)C1=O)[C@H]1CCS(=O)(=O)C1. The smallest absolute Gasteiger partial charge is 0.325 e. The molecule has 2 fully saturated rings. The van der Waals surface area contributed by atoms with Crippen molar-refractivity contribution < 1.29 is 27.5 Å². The third-order valence-electron chi connectivity index (χ3n) is 6.22. The molecule has 1 aromatic carbocycles. The average Bonchev–Trinajstić information content (AvgIpc) is 3.33. The minimum absolute atomic E-state index is 0.0253. The van der Waals surface area contributed by atoms with Gasteiger partial charge in [0.1, 0.15) is 12.1 Å². The van der Waals surface area contributed by atoms with E-state index in [0.717, 1.165) is 16.0 Å². The van der Waals surface area contributed by atoms with Gasteiger partial charge in [0.15, 0.2) is 9.84 Å². The molecular weight excluding hydrogens is 410 g/mol. The van der Waals surface area contributed by atoms with Crippen LogP contribution in [0.5, 0.6) is 0 Å². The molecular formula is C20H25N3O6S. The highest BCUT2D eigenvalue weighted by molar-refractivity contribution is 7.91. The fraction of sp³-hybridized carbons (Fsp3) is 0.550. The number of carbonyl (C=O) groups excluding carboxylic acids is 3. The lowest BCUT2D eigenvalue weighted by Crippen LogP contribution is -2.49. The Labute approximate surface area is 175 Å². The highest BCUT2D eigenvalue weighted by Gasteiger charge is 2.55. The number of ether oxygens (including phenoxy) is 1. The number of imide groups is 1. The second-order valence-electron chi connectivity index (χ2n) is 8.02. The summed E-state index contributed by atoms with van der Waals surface area (Å²) >= 11 is 0. The first-order valence-electron chi connectivity index (χ1n) is 9.99. The number of urea groups is 1. The molecule has 0 saturated carbocycles. The number of rotatable bonds is 6. The summed E-state index contributed by atoms with van der Waals surface area (Å²) in [5, 5.41) is 2.80. The summed E-state index contributed by atoms with van der Waals surface area (Å²) < 4.78 is 28.8. The van der Waals surface area contributed by atoms with E-state index in [4.69, 9.17) is 4.74 Å². The number of nitrogens with zero attached hydrogens (tertiary/aromatic N) is 2. The Balaban J connectivity index is 1.53. The normalized spacial score (nSPS) is 26.8. The number of aryl methyl sites for hydroxylation is 1. The van der Waals surface area contributed by atoms with Gasteiger partial charge < -0.3 is 15.0 Å². The van der Waals surface area contributed by atoms with Crippen molar-refractivity contribution in [1.29, 1.82) is 0 Å². The zero-order valence-electron chi connectivity index (χ0n) is 16.8. The van der Waals surface area contributed by atoms with Gasteiger partial charge in [-0.25, -0.2) is 13.2 Å². The Morgan fingerprint density at radius 1 is 1.33 bits per heavy atom. The summed E-state index contributed by atoms with van der Waals surface area (Å²) in [5.41, 5.74) is 0.663. The fourth-order valence-electron chi connectivity index (χ4n) is 4.68. The molecule has 0 aromatic heterocycles. The Kier molecular flexibility index (Phi) is 5.31. The summed E-state index contributed by atoms with van der Waals surface area (Å²) in [6.45, 7) is 0.0156. The molecule has 0 unspecified atom stereocenters. The van der Waals surface area contributed by atoms with Crippen LogP contribution >= 0.6 is 0 Å². The molecule has 2 atom stereocenters. The fourth-order valence-corrected chi connectivity index (χ4v) is 6.41. The maximum Gasteiger partial charge on any atom is 0.325 e. The quantitative estimate of drug-likeness (QED) is 0.632. The third-order valence-corrected chi connectivity index (χ3v) is 7.97. The lowest BCUT2D eigenvalue weighted by atomic mass is 9.92. The van der Waals surface area contributed by atoms with Crippen molar-refractivity contribution in [3.05, 3.63) is 35.4 Å². The molecule has 1 N–H and O–H groups in total. The number of sulfone groups is 1. The maximum absolute atomic E-state index is 13.3. The molecule has 9 nitrogen and oxygen atoms in total. The van der Waals surface area contributed by atoms with E-state index in [0.29, 0.717) is 19.3 Å². The van der Waals surface area contributed by atoms with Crippen LogP contribution in [-0.4, -0.2) is 80.4 Å². The summed E-state index contributed by atoms with van der Waals surface area (Å²) in [4.78, 5) is 41.3. The van der Waals surface area contributed by atoms with E-state index >= 15 is 0 Å². The van der Waals surface area contributed by atoms with Crippen molar-refractivity contribution in [2.45, 2.75) is 30.8 Å². The van der Waals surface area contributed by atoms with Gasteiger partial charge in [0.25, 0.3) is 5.91 Å². The van der Waals surface area contributed by atoms with E-state index in [2.05, 4.69) is 5.32 Å². The van der Waals surface area contributed by atoms with Gasteiger partial charge in [0, 0.05) is 19.7 Å². The van der Waals surface area contributed by atoms with Crippen LogP contribution in [0.2, 0.25) is 0 Å². The third kappa shape index (κ3) is 3.47. The summed E-state index contributed by atoms with van der Waals surface area (Å²) in [6.07, 6.45) is 1.47. The standard InChI is InChI=1S/C20H25N3O6S/c1-29-10-9-22(15-7-11-30(27,28)13-15)17(24)12-23-18(25)20(21-19(23)26)8-6-14-4-2-3-5-16(14)20/h2-5,15H,6-13H2,1H3,(H,21,26)/t15-,20-/m0/s1. The van der Waals surface area contributed by atoms with E-state index < -0.39 is 45.8 Å². The minimum atomic E-state index is -3.19. The van der Waals surface area contributed by atoms with E-state index in [1.807, 2.05) is 24.3 Å². The number of carbonyl (C=O) groups is 3. The first-order valence-corrected chi connectivity index (χ1v) is 11.8. The highest BCUT2D eigenvalue weighted by atomic mass is 32.2. The van der Waals surface area contributed by atoms with Crippen LogP contribution in [-0.2, 0) is 36.1 Å². The van der Waals surface area contributed by atoms with Crippen molar-refractivity contribution in [2.24, 2.45) is 0 Å². The van der Waals surface area contributed by atoms with Gasteiger partial charge >= 0.3 is 6.03 Å². The molecule has 0 bridgehead atoms. The largest absolute Gasteiger partial charge is 0.383 e. The molecule has 1 aromatic rings. The van der Waals surface area contributed by atoms with Crippen LogP contribution in [0.1, 0.15) is 24.0 Å².